The first-order chi connectivity index (χ1) is 19.5. The maximum atomic E-state index is 11.9. The van der Waals surface area contributed by atoms with Gasteiger partial charge in [-0.1, -0.05) is 27.7 Å². The number of ether oxygens (including phenoxy) is 2. The summed E-state index contributed by atoms with van der Waals surface area (Å²) >= 11 is 13.5. The molecule has 0 spiro atoms. The van der Waals surface area contributed by atoms with E-state index in [1.54, 1.807) is 58.6 Å². The summed E-state index contributed by atoms with van der Waals surface area (Å²) in [7, 11) is 0. The molecule has 0 aromatic carbocycles. The molecular formula is C26H31Br4F3N4O5S. The molecule has 9 nitrogen and oxygen atoms in total. The number of halogens is 7. The summed E-state index contributed by atoms with van der Waals surface area (Å²) in [5, 5.41) is -0.254. The number of nitrogens with zero attached hydrogens (tertiary/aromatic N) is 4. The molecule has 0 N–H and O–H groups in total. The van der Waals surface area contributed by atoms with Gasteiger partial charge in [-0.25, -0.2) is 13.5 Å². The number of hydrogen-bond donors (Lipinski definition) is 0. The third kappa shape index (κ3) is 12.6. The summed E-state index contributed by atoms with van der Waals surface area (Å²) < 4.78 is 48.5. The van der Waals surface area contributed by atoms with E-state index in [1.165, 1.54) is 10.1 Å². The summed E-state index contributed by atoms with van der Waals surface area (Å²) in [4.78, 5) is 41.4. The van der Waals surface area contributed by atoms with Gasteiger partial charge < -0.3 is 4.74 Å². The number of urea groups is 1. The number of carbonyl (C=O) groups excluding carboxylic acids is 3. The average Bonchev–Trinajstić information content (AvgIpc) is 3.05. The third-order valence-corrected chi connectivity index (χ3v) is 8.95. The van der Waals surface area contributed by atoms with Gasteiger partial charge in [0, 0.05) is 44.6 Å². The van der Waals surface area contributed by atoms with Gasteiger partial charge in [-0.3, -0.25) is 19.5 Å². The zero-order chi connectivity index (χ0) is 33.4. The second-order valence-electron chi connectivity index (χ2n) is 10.7. The molecular weight excluding hydrogens is 857 g/mol. The van der Waals surface area contributed by atoms with Crippen molar-refractivity contribution in [1.82, 2.24) is 17.8 Å². The lowest BCUT2D eigenvalue weighted by molar-refractivity contribution is -0.329. The number of amides is 3. The molecule has 0 saturated carbocycles. The quantitative estimate of drug-likeness (QED) is 0.161. The Labute approximate surface area is 287 Å². The van der Waals surface area contributed by atoms with Gasteiger partial charge in [0.15, 0.2) is 0 Å². The van der Waals surface area contributed by atoms with Crippen LogP contribution in [0.3, 0.4) is 0 Å². The summed E-state index contributed by atoms with van der Waals surface area (Å²) in [5.74, 6) is -0.278. The fourth-order valence-corrected chi connectivity index (χ4v) is 5.04. The van der Waals surface area contributed by atoms with Crippen molar-refractivity contribution in [1.29, 1.82) is 0 Å². The topological polar surface area (TPSA) is 102 Å². The van der Waals surface area contributed by atoms with Crippen molar-refractivity contribution >= 4 is 93.2 Å². The highest BCUT2D eigenvalue weighted by Crippen LogP contribution is 2.32. The summed E-state index contributed by atoms with van der Waals surface area (Å²) in [6.45, 7) is 10.6. The molecule has 0 radical (unpaired) electrons. The van der Waals surface area contributed by atoms with E-state index in [0.29, 0.717) is 12.2 Å². The number of hydrogen-bond acceptors (Lipinski definition) is 8. The van der Waals surface area contributed by atoms with E-state index in [9.17, 15) is 27.6 Å². The van der Waals surface area contributed by atoms with E-state index in [2.05, 4.69) is 78.9 Å². The Bertz CT molecular complexity index is 1290. The predicted octanol–water partition coefficient (Wildman–Crippen LogP) is 8.93. The van der Waals surface area contributed by atoms with Crippen LogP contribution in [0.1, 0.15) is 52.7 Å². The molecule has 1 fully saturated rings. The number of thioether (sulfide) groups is 1. The molecule has 1 aliphatic heterocycles. The molecule has 3 rings (SSSR count). The van der Waals surface area contributed by atoms with Gasteiger partial charge >= 0.3 is 17.7 Å². The van der Waals surface area contributed by atoms with Crippen LogP contribution in [-0.4, -0.2) is 66.4 Å². The minimum absolute atomic E-state index is 0.234. The van der Waals surface area contributed by atoms with Crippen molar-refractivity contribution < 1.29 is 37.0 Å². The highest BCUT2D eigenvalue weighted by Gasteiger charge is 2.50. The maximum absolute atomic E-state index is 11.9. The highest BCUT2D eigenvalue weighted by atomic mass is 79.9. The number of rotatable bonds is 6. The second kappa shape index (κ2) is 16.3. The van der Waals surface area contributed by atoms with E-state index in [1.807, 2.05) is 19.9 Å². The van der Waals surface area contributed by atoms with Crippen molar-refractivity contribution in [2.45, 2.75) is 64.3 Å². The maximum Gasteiger partial charge on any atom is 0.522 e. The largest absolute Gasteiger partial charge is 0.522 e. The standard InChI is InChI=1S/C11H14BrNO2S.C10H11BrF3NO.C5H6Br2N2O2/c1-11(2,7-15-10(14)16-3)8-4-9(12)6-13-5-8;1-9(2,6-16-10(12,13)14)7-3-8(11)5-15-4-7;1-5(2)3(10)8(6)4(11)9(5)7/h4-6H,7H2,1-3H3;3-5H,6H2,1-2H3;1-2H3. The van der Waals surface area contributed by atoms with Crippen molar-refractivity contribution in [2.24, 2.45) is 0 Å². The van der Waals surface area contributed by atoms with Gasteiger partial charge in [-0.15, -0.1) is 13.2 Å². The summed E-state index contributed by atoms with van der Waals surface area (Å²) in [6.07, 6.45) is 3.73. The normalized spacial score (nSPS) is 14.9. The van der Waals surface area contributed by atoms with E-state index in [-0.39, 0.29) is 16.6 Å². The van der Waals surface area contributed by atoms with Crippen LogP contribution in [0.5, 0.6) is 0 Å². The number of carbonyl (C=O) groups is 3. The van der Waals surface area contributed by atoms with Crippen LogP contribution in [0.2, 0.25) is 0 Å². The fraction of sp³-hybridized carbons (Fsp3) is 0.500. The van der Waals surface area contributed by atoms with Crippen LogP contribution in [0, 0.1) is 0 Å². The van der Waals surface area contributed by atoms with Crippen molar-refractivity contribution in [3.8, 4) is 0 Å². The first kappa shape index (κ1) is 39.8. The van der Waals surface area contributed by atoms with Gasteiger partial charge in [0.25, 0.3) is 5.91 Å². The number of aromatic nitrogens is 2. The Morgan fingerprint density at radius 1 is 0.907 bits per heavy atom. The molecule has 0 aliphatic carbocycles. The zero-order valence-corrected chi connectivity index (χ0v) is 31.4. The molecule has 3 amide bonds. The Kier molecular flexibility index (Phi) is 15.1. The van der Waals surface area contributed by atoms with Gasteiger partial charge in [0.2, 0.25) is 0 Å². The van der Waals surface area contributed by atoms with Crippen LogP contribution >= 0.6 is 75.9 Å². The predicted molar refractivity (Wildman–Crippen MR) is 173 cm³/mol. The van der Waals surface area contributed by atoms with Crippen LogP contribution < -0.4 is 0 Å². The van der Waals surface area contributed by atoms with E-state index in [4.69, 9.17) is 4.74 Å². The van der Waals surface area contributed by atoms with Crippen molar-refractivity contribution in [3.05, 3.63) is 57.0 Å². The first-order valence-electron chi connectivity index (χ1n) is 12.2. The van der Waals surface area contributed by atoms with Crippen LogP contribution in [0.4, 0.5) is 22.8 Å². The lowest BCUT2D eigenvalue weighted by Crippen LogP contribution is -2.37. The van der Waals surface area contributed by atoms with Crippen LogP contribution in [-0.2, 0) is 25.1 Å². The number of pyridine rings is 2. The van der Waals surface area contributed by atoms with E-state index >= 15 is 0 Å². The Hall–Kier alpha value is -1.27. The van der Waals surface area contributed by atoms with Crippen LogP contribution in [0.15, 0.2) is 45.9 Å². The van der Waals surface area contributed by atoms with Gasteiger partial charge in [-0.05, 0) is 87.0 Å². The fourth-order valence-electron chi connectivity index (χ4n) is 3.02. The molecule has 17 heteroatoms. The summed E-state index contributed by atoms with van der Waals surface area (Å²) in [6, 6.07) is 3.31. The SMILES string of the molecule is CC(C)(COC(F)(F)F)c1cncc(Br)c1.CC1(C)C(=O)N(Br)C(=O)N1Br.CSC(=O)OCC(C)(C)c1cncc(Br)c1. The molecule has 43 heavy (non-hydrogen) atoms. The molecule has 2 aromatic heterocycles. The minimum atomic E-state index is -4.60. The third-order valence-electron chi connectivity index (χ3n) is 5.82. The van der Waals surface area contributed by atoms with Crippen molar-refractivity contribution in [2.75, 3.05) is 19.5 Å². The zero-order valence-electron chi connectivity index (χ0n) is 24.3. The smallest absolute Gasteiger partial charge is 0.457 e. The minimum Gasteiger partial charge on any atom is -0.457 e. The lowest BCUT2D eigenvalue weighted by Gasteiger charge is -2.25. The summed E-state index contributed by atoms with van der Waals surface area (Å²) in [5.41, 5.74) is -0.0587. The molecule has 240 valence electrons. The Morgan fingerprint density at radius 2 is 1.35 bits per heavy atom. The molecule has 0 atom stereocenters. The monoisotopic (exact) mass is 884 g/mol. The molecule has 0 unspecified atom stereocenters. The van der Waals surface area contributed by atoms with E-state index < -0.39 is 30.0 Å². The number of alkyl halides is 3. The highest BCUT2D eigenvalue weighted by molar-refractivity contribution is 9.10. The van der Waals surface area contributed by atoms with Crippen molar-refractivity contribution in [3.63, 3.8) is 0 Å². The lowest BCUT2D eigenvalue weighted by atomic mass is 9.87. The molecule has 0 bridgehead atoms. The van der Waals surface area contributed by atoms with Crippen LogP contribution in [0.25, 0.3) is 0 Å². The van der Waals surface area contributed by atoms with Gasteiger partial charge in [0.1, 0.15) is 12.1 Å². The molecule has 3 heterocycles. The number of imide groups is 1. The molecule has 1 aliphatic rings. The van der Waals surface area contributed by atoms with Gasteiger partial charge in [0.05, 0.1) is 38.9 Å². The second-order valence-corrected chi connectivity index (χ2v) is 14.7. The Balaban J connectivity index is 0.000000329. The van der Waals surface area contributed by atoms with Gasteiger partial charge in [-0.2, -0.15) is 3.93 Å². The van der Waals surface area contributed by atoms with E-state index in [0.717, 1.165) is 30.2 Å². The molecule has 2 aromatic rings. The first-order valence-corrected chi connectivity index (χ1v) is 16.4. The Morgan fingerprint density at radius 3 is 1.65 bits per heavy atom. The average molecular weight is 888 g/mol. The molecule has 1 saturated heterocycles.